The number of hydrogen-bond donors (Lipinski definition) is 0. The van der Waals surface area contributed by atoms with Gasteiger partial charge in [0.05, 0.1) is 5.25 Å². The zero-order valence-corrected chi connectivity index (χ0v) is 6.04. The lowest BCUT2D eigenvalue weighted by Gasteiger charge is -1.95. The van der Waals surface area contributed by atoms with Crippen LogP contribution in [-0.4, -0.2) is 13.7 Å². The molecule has 0 rings (SSSR count). The quantitative estimate of drug-likeness (QED) is 0.442. The molecule has 0 saturated heterocycles. The molecule has 0 heterocycles. The van der Waals surface area contributed by atoms with Gasteiger partial charge in [-0.2, -0.15) is 0 Å². The van der Waals surface area contributed by atoms with Gasteiger partial charge < -0.3 is 0 Å². The van der Waals surface area contributed by atoms with E-state index in [1.807, 2.05) is 0 Å². The minimum absolute atomic E-state index is 0.649. The number of hydrogen-bond acceptors (Lipinski definition) is 2. The molecule has 1 unspecified atom stereocenters. The molecule has 0 bridgehead atoms. The van der Waals surface area contributed by atoms with Crippen LogP contribution < -0.4 is 0 Å². The number of rotatable bonds is 2. The molecule has 0 saturated carbocycles. The molecule has 0 radical (unpaired) electrons. The van der Waals surface area contributed by atoms with Crippen molar-refractivity contribution < 1.29 is 8.42 Å². The summed E-state index contributed by atoms with van der Waals surface area (Å²) in [5.74, 6) is 0. The third-order valence-corrected chi connectivity index (χ3v) is 2.70. The molecule has 0 aliphatic carbocycles. The van der Waals surface area contributed by atoms with Gasteiger partial charge in [-0.15, -0.1) is 6.58 Å². The molecule has 0 aliphatic rings. The Morgan fingerprint density at radius 2 is 2.12 bits per heavy atom. The van der Waals surface area contributed by atoms with Crippen LogP contribution in [0.25, 0.3) is 0 Å². The molecule has 0 spiro atoms. The fourth-order valence-electron chi connectivity index (χ4n) is 0.115. The van der Waals surface area contributed by atoms with E-state index in [1.165, 1.54) is 13.0 Å². The van der Waals surface area contributed by atoms with Gasteiger partial charge in [0.1, 0.15) is 0 Å². The lowest BCUT2D eigenvalue weighted by molar-refractivity contribution is 0.605. The maximum atomic E-state index is 10.3. The fraction of sp³-hybridized carbons (Fsp3) is 0.500. The van der Waals surface area contributed by atoms with Crippen LogP contribution in [0.5, 0.6) is 0 Å². The van der Waals surface area contributed by atoms with Crippen molar-refractivity contribution in [2.75, 3.05) is 0 Å². The highest BCUT2D eigenvalue weighted by atomic mass is 35.7. The summed E-state index contributed by atoms with van der Waals surface area (Å²) in [4.78, 5) is 0. The van der Waals surface area contributed by atoms with Gasteiger partial charge in [0.2, 0.25) is 9.05 Å². The highest BCUT2D eigenvalue weighted by molar-refractivity contribution is 8.14. The molecule has 0 amide bonds. The summed E-state index contributed by atoms with van der Waals surface area (Å²) >= 11 is 0. The Hall–Kier alpha value is -0.0200. The van der Waals surface area contributed by atoms with Gasteiger partial charge in [0.15, 0.2) is 0 Å². The highest BCUT2D eigenvalue weighted by Crippen LogP contribution is 2.05. The van der Waals surface area contributed by atoms with Crippen molar-refractivity contribution in [1.29, 1.82) is 0 Å². The predicted molar refractivity (Wildman–Crippen MR) is 34.4 cm³/mol. The lowest BCUT2D eigenvalue weighted by atomic mass is 10.5. The van der Waals surface area contributed by atoms with Crippen molar-refractivity contribution in [2.24, 2.45) is 0 Å². The zero-order valence-electron chi connectivity index (χ0n) is 4.46. The molecule has 2 nitrogen and oxygen atoms in total. The first-order valence-corrected chi connectivity index (χ1v) is 4.41. The molecule has 4 heteroatoms. The van der Waals surface area contributed by atoms with Gasteiger partial charge in [0, 0.05) is 10.7 Å². The second kappa shape index (κ2) is 2.51. The van der Waals surface area contributed by atoms with Gasteiger partial charge in [0.25, 0.3) is 0 Å². The van der Waals surface area contributed by atoms with Crippen molar-refractivity contribution in [3.05, 3.63) is 12.7 Å². The summed E-state index contributed by atoms with van der Waals surface area (Å²) in [6.45, 7) is 4.73. The molecule has 0 aliphatic heterocycles. The first-order chi connectivity index (χ1) is 3.48. The fourth-order valence-corrected chi connectivity index (χ4v) is 0.563. The topological polar surface area (TPSA) is 34.1 Å². The van der Waals surface area contributed by atoms with Crippen LogP contribution in [0.2, 0.25) is 0 Å². The van der Waals surface area contributed by atoms with E-state index in [0.29, 0.717) is 0 Å². The summed E-state index contributed by atoms with van der Waals surface area (Å²) < 4.78 is 20.5. The summed E-state index contributed by atoms with van der Waals surface area (Å²) in [7, 11) is 1.49. The molecular weight excluding hydrogens is 148 g/mol. The molecule has 0 aromatic rings. The van der Waals surface area contributed by atoms with E-state index in [4.69, 9.17) is 10.7 Å². The third-order valence-electron chi connectivity index (χ3n) is 0.776. The summed E-state index contributed by atoms with van der Waals surface area (Å²) in [6, 6.07) is 0. The average molecular weight is 155 g/mol. The van der Waals surface area contributed by atoms with Gasteiger partial charge in [-0.05, 0) is 6.92 Å². The Bertz CT molecular complexity index is 170. The van der Waals surface area contributed by atoms with E-state index in [9.17, 15) is 8.42 Å². The van der Waals surface area contributed by atoms with Crippen molar-refractivity contribution >= 4 is 19.7 Å². The summed E-state index contributed by atoms with van der Waals surface area (Å²) in [5, 5.41) is -0.649. The molecular formula is C4H7ClO2S. The maximum Gasteiger partial charge on any atom is 0.238 e. The molecule has 0 aromatic carbocycles. The van der Waals surface area contributed by atoms with Crippen molar-refractivity contribution in [3.8, 4) is 0 Å². The average Bonchev–Trinajstić information content (AvgIpc) is 1.62. The Labute approximate surface area is 53.6 Å². The Kier molecular flexibility index (Phi) is 2.50. The lowest BCUT2D eigenvalue weighted by Crippen LogP contribution is -2.06. The van der Waals surface area contributed by atoms with Crippen molar-refractivity contribution in [1.82, 2.24) is 0 Å². The normalized spacial score (nSPS) is 15.2. The second-order valence-electron chi connectivity index (χ2n) is 1.42. The van der Waals surface area contributed by atoms with E-state index >= 15 is 0 Å². The monoisotopic (exact) mass is 154 g/mol. The van der Waals surface area contributed by atoms with Gasteiger partial charge >= 0.3 is 0 Å². The van der Waals surface area contributed by atoms with Crippen LogP contribution in [0.15, 0.2) is 12.7 Å². The van der Waals surface area contributed by atoms with Crippen LogP contribution in [0, 0.1) is 0 Å². The van der Waals surface area contributed by atoms with Crippen molar-refractivity contribution in [3.63, 3.8) is 0 Å². The predicted octanol–water partition coefficient (Wildman–Crippen LogP) is 1.13. The molecule has 0 N–H and O–H groups in total. The SMILES string of the molecule is C=CC(C)S(=O)(=O)Cl. The highest BCUT2D eigenvalue weighted by Gasteiger charge is 2.11. The zero-order chi connectivity index (χ0) is 6.78. The molecule has 0 aromatic heterocycles. The minimum Gasteiger partial charge on any atom is -0.212 e. The Morgan fingerprint density at radius 3 is 2.12 bits per heavy atom. The Morgan fingerprint density at radius 1 is 1.75 bits per heavy atom. The maximum absolute atomic E-state index is 10.3. The van der Waals surface area contributed by atoms with Crippen LogP contribution in [0.1, 0.15) is 6.92 Å². The van der Waals surface area contributed by atoms with Crippen LogP contribution in [0.3, 0.4) is 0 Å². The van der Waals surface area contributed by atoms with Crippen LogP contribution >= 0.6 is 10.7 Å². The van der Waals surface area contributed by atoms with Crippen LogP contribution in [0.4, 0.5) is 0 Å². The van der Waals surface area contributed by atoms with E-state index in [1.54, 1.807) is 0 Å². The molecule has 1 atom stereocenters. The summed E-state index contributed by atoms with van der Waals surface area (Å²) in [6.07, 6.45) is 1.28. The van der Waals surface area contributed by atoms with Gasteiger partial charge in [-0.3, -0.25) is 0 Å². The largest absolute Gasteiger partial charge is 0.238 e. The van der Waals surface area contributed by atoms with E-state index in [-0.39, 0.29) is 0 Å². The minimum atomic E-state index is -3.40. The molecule has 48 valence electrons. The first-order valence-electron chi connectivity index (χ1n) is 2.04. The standard InChI is InChI=1S/C4H7ClO2S/c1-3-4(2)8(5,6)7/h3-4H,1H2,2H3. The number of halogens is 1. The summed E-state index contributed by atoms with van der Waals surface area (Å²) in [5.41, 5.74) is 0. The van der Waals surface area contributed by atoms with E-state index < -0.39 is 14.3 Å². The molecule has 0 fully saturated rings. The smallest absolute Gasteiger partial charge is 0.212 e. The Balaban J connectivity index is 4.26. The molecule has 8 heavy (non-hydrogen) atoms. The van der Waals surface area contributed by atoms with E-state index in [0.717, 1.165) is 0 Å². The second-order valence-corrected chi connectivity index (χ2v) is 4.40. The van der Waals surface area contributed by atoms with Crippen LogP contribution in [-0.2, 0) is 9.05 Å². The van der Waals surface area contributed by atoms with Gasteiger partial charge in [-0.1, -0.05) is 6.08 Å². The third kappa shape index (κ3) is 2.33. The first kappa shape index (κ1) is 7.98. The van der Waals surface area contributed by atoms with Crippen molar-refractivity contribution in [2.45, 2.75) is 12.2 Å². The van der Waals surface area contributed by atoms with Gasteiger partial charge in [-0.25, -0.2) is 8.42 Å². The van der Waals surface area contributed by atoms with E-state index in [2.05, 4.69) is 6.58 Å².